The molecule has 0 fully saturated rings. The first-order valence-corrected chi connectivity index (χ1v) is 3.13. The second kappa shape index (κ2) is 4.20. The van der Waals surface area contributed by atoms with Crippen LogP contribution in [0.4, 0.5) is 13.2 Å². The predicted octanol–water partition coefficient (Wildman–Crippen LogP) is -0.329. The molecule has 1 aromatic rings. The van der Waals surface area contributed by atoms with Gasteiger partial charge in [-0.25, -0.2) is 4.39 Å². The molecule has 0 saturated carbocycles. The number of halogens is 4. The van der Waals surface area contributed by atoms with Crippen LogP contribution in [0.1, 0.15) is 0 Å². The van der Waals surface area contributed by atoms with E-state index < -0.39 is 17.5 Å². The van der Waals surface area contributed by atoms with Crippen LogP contribution in [0.5, 0.6) is 0 Å². The number of rotatable bonds is 0. The third kappa shape index (κ3) is 2.26. The molecule has 0 bridgehead atoms. The van der Waals surface area contributed by atoms with Crippen LogP contribution in [0.3, 0.4) is 0 Å². The van der Waals surface area contributed by atoms with Crippen molar-refractivity contribution in [1.82, 2.24) is 0 Å². The van der Waals surface area contributed by atoms with Gasteiger partial charge < -0.3 is 0 Å². The van der Waals surface area contributed by atoms with Crippen LogP contribution in [0.15, 0.2) is 10.5 Å². The minimum Gasteiger partial charge on any atom is -0.281 e. The van der Waals surface area contributed by atoms with Crippen molar-refractivity contribution in [2.75, 3.05) is 0 Å². The van der Waals surface area contributed by atoms with E-state index in [1.807, 2.05) is 0 Å². The molecule has 0 aliphatic carbocycles. The monoisotopic (exact) mass is 216 g/mol. The molecule has 0 heterocycles. The van der Waals surface area contributed by atoms with Gasteiger partial charge in [-0.1, -0.05) is 20.4 Å². The Labute approximate surface area is 82.1 Å². The Morgan fingerprint density at radius 1 is 1.18 bits per heavy atom. The van der Waals surface area contributed by atoms with E-state index in [1.54, 1.807) is 0 Å². The normalized spacial score (nSPS) is 9.09. The van der Waals surface area contributed by atoms with Crippen LogP contribution in [0, 0.1) is 23.5 Å². The van der Waals surface area contributed by atoms with Gasteiger partial charge in [0.1, 0.15) is 0 Å². The Kier molecular flexibility index (Phi) is 4.23. The topological polar surface area (TPSA) is 0 Å². The molecule has 0 nitrogen and oxygen atoms in total. The zero-order chi connectivity index (χ0) is 7.72. The van der Waals surface area contributed by atoms with E-state index in [4.69, 9.17) is 0 Å². The summed E-state index contributed by atoms with van der Waals surface area (Å²) < 4.78 is 36.4. The second-order valence-corrected chi connectivity index (χ2v) is 2.37. The van der Waals surface area contributed by atoms with Crippen LogP contribution >= 0.6 is 15.9 Å². The molecule has 1 rings (SSSR count). The molecule has 0 amide bonds. The summed E-state index contributed by atoms with van der Waals surface area (Å²) in [6.07, 6.45) is 0. The zero-order valence-electron chi connectivity index (χ0n) is 5.59. The van der Waals surface area contributed by atoms with Gasteiger partial charge in [0, 0.05) is 5.82 Å². The van der Waals surface area contributed by atoms with Gasteiger partial charge in [-0.15, -0.1) is 6.07 Å². The fourth-order valence-electron chi connectivity index (χ4n) is 0.455. The Hall–Kier alpha value is 0.0874. The van der Waals surface area contributed by atoms with E-state index in [-0.39, 0.29) is 23.3 Å². The summed E-state index contributed by atoms with van der Waals surface area (Å²) in [5, 5.41) is 0. The molecule has 1 aromatic carbocycles. The van der Waals surface area contributed by atoms with Gasteiger partial charge in [0.25, 0.3) is 0 Å². The average molecular weight is 217 g/mol. The van der Waals surface area contributed by atoms with Crippen molar-refractivity contribution >= 4 is 15.9 Å². The average Bonchev–Trinajstić information content (AvgIpc) is 1.93. The molecular weight excluding hydrogens is 216 g/mol. The van der Waals surface area contributed by atoms with Gasteiger partial charge in [-0.2, -0.15) is 6.07 Å². The number of hydrogen-bond donors (Lipinski definition) is 0. The number of hydrogen-bond acceptors (Lipinski definition) is 0. The van der Waals surface area contributed by atoms with Crippen molar-refractivity contribution in [3.63, 3.8) is 0 Å². The van der Waals surface area contributed by atoms with E-state index in [2.05, 4.69) is 22.0 Å². The minimum atomic E-state index is -1.48. The van der Waals surface area contributed by atoms with Crippen LogP contribution < -0.4 is 18.9 Å². The van der Waals surface area contributed by atoms with E-state index in [9.17, 15) is 13.2 Å². The van der Waals surface area contributed by atoms with E-state index in [0.717, 1.165) is 6.07 Å². The molecule has 0 aliphatic rings. The molecule has 5 heteroatoms. The van der Waals surface area contributed by atoms with Crippen molar-refractivity contribution < 1.29 is 32.0 Å². The predicted molar refractivity (Wildman–Crippen MR) is 32.9 cm³/mol. The summed E-state index contributed by atoms with van der Waals surface area (Å²) in [4.78, 5) is 0. The van der Waals surface area contributed by atoms with Crippen molar-refractivity contribution in [2.45, 2.75) is 0 Å². The summed E-state index contributed by atoms with van der Waals surface area (Å²) in [6, 6.07) is 2.86. The third-order valence-corrected chi connectivity index (χ3v) is 1.50. The smallest absolute Gasteiger partial charge is 0.281 e. The fraction of sp³-hybridized carbons (Fsp3) is 0. The van der Waals surface area contributed by atoms with E-state index in [1.165, 1.54) is 0 Å². The molecule has 0 saturated heterocycles. The zero-order valence-corrected chi connectivity index (χ0v) is 7.18. The van der Waals surface area contributed by atoms with Crippen LogP contribution in [-0.2, 0) is 0 Å². The maximum Gasteiger partial charge on any atom is 1.00 e. The van der Waals surface area contributed by atoms with Crippen LogP contribution in [-0.4, -0.2) is 0 Å². The largest absolute Gasteiger partial charge is 1.00 e. The van der Waals surface area contributed by atoms with Crippen molar-refractivity contribution in [3.8, 4) is 0 Å². The van der Waals surface area contributed by atoms with Crippen molar-refractivity contribution in [3.05, 3.63) is 34.1 Å². The summed E-state index contributed by atoms with van der Waals surface area (Å²) in [5.41, 5.74) is 0. The van der Waals surface area contributed by atoms with Crippen LogP contribution in [0.2, 0.25) is 0 Å². The SMILES string of the molecule is Fc1c[c-]c(Br)c(F)c1F.[Li+]. The molecule has 0 unspecified atom stereocenters. The molecule has 11 heavy (non-hydrogen) atoms. The van der Waals surface area contributed by atoms with Crippen LogP contribution in [0.25, 0.3) is 0 Å². The summed E-state index contributed by atoms with van der Waals surface area (Å²) in [7, 11) is 0. The van der Waals surface area contributed by atoms with Gasteiger partial charge in [0.2, 0.25) is 0 Å². The number of benzene rings is 1. The maximum atomic E-state index is 12.3. The summed E-state index contributed by atoms with van der Waals surface area (Å²) in [6.45, 7) is 0. The first kappa shape index (κ1) is 11.1. The van der Waals surface area contributed by atoms with Gasteiger partial charge in [0.05, 0.1) is 11.6 Å². The van der Waals surface area contributed by atoms with E-state index in [0.29, 0.717) is 0 Å². The molecule has 0 aliphatic heterocycles. The molecule has 0 radical (unpaired) electrons. The Balaban J connectivity index is 0.000001000. The molecule has 0 aromatic heterocycles. The molecule has 0 atom stereocenters. The third-order valence-electron chi connectivity index (χ3n) is 0.921. The molecule has 54 valence electrons. The second-order valence-electron chi connectivity index (χ2n) is 1.58. The minimum absolute atomic E-state index is 0. The van der Waals surface area contributed by atoms with Gasteiger partial charge in [-0.3, -0.25) is 8.78 Å². The van der Waals surface area contributed by atoms with Gasteiger partial charge in [-0.05, 0) is 0 Å². The Morgan fingerprint density at radius 2 is 1.73 bits per heavy atom. The van der Waals surface area contributed by atoms with E-state index >= 15 is 0 Å². The fourth-order valence-corrected chi connectivity index (χ4v) is 0.743. The molecule has 0 spiro atoms. The molecular formula is C6HBrF3Li. The summed E-state index contributed by atoms with van der Waals surface area (Å²) in [5.74, 6) is -3.97. The van der Waals surface area contributed by atoms with Crippen molar-refractivity contribution in [1.29, 1.82) is 0 Å². The standard InChI is InChI=1S/C6HBrF3.Li/c7-3-1-2-4(8)6(10)5(3)9;/h2H;/q-1;+1. The maximum absolute atomic E-state index is 12.3. The van der Waals surface area contributed by atoms with Gasteiger partial charge >= 0.3 is 18.9 Å². The Bertz CT molecular complexity index is 237. The quantitative estimate of drug-likeness (QED) is 0.241. The Morgan fingerprint density at radius 3 is 2.18 bits per heavy atom. The van der Waals surface area contributed by atoms with Crippen molar-refractivity contribution in [2.24, 2.45) is 0 Å². The van der Waals surface area contributed by atoms with Gasteiger partial charge in [0.15, 0.2) is 0 Å². The molecule has 0 N–H and O–H groups in total. The summed E-state index contributed by atoms with van der Waals surface area (Å²) >= 11 is 2.64. The first-order valence-electron chi connectivity index (χ1n) is 2.33. The first-order chi connectivity index (χ1) is 4.63.